The monoisotopic (exact) mass is 557 g/mol. The number of carbonyl (C=O) groups excluding carboxylic acids is 3. The van der Waals surface area contributed by atoms with Crippen LogP contribution in [0.1, 0.15) is 58.4 Å². The molecule has 0 radical (unpaired) electrons. The second-order valence-electron chi connectivity index (χ2n) is 9.05. The highest BCUT2D eigenvalue weighted by Crippen LogP contribution is 2.38. The maximum absolute atomic E-state index is 11.5. The number of thiazole rings is 1. The predicted octanol–water partition coefficient (Wildman–Crippen LogP) is 4.64. The molecule has 1 saturated heterocycles. The van der Waals surface area contributed by atoms with Crippen molar-refractivity contribution in [1.29, 1.82) is 0 Å². The van der Waals surface area contributed by atoms with E-state index >= 15 is 0 Å². The molecule has 1 aliphatic rings. The second-order valence-corrected chi connectivity index (χ2v) is 10.9. The first-order valence-electron chi connectivity index (χ1n) is 11.3. The number of amides is 3. The number of hydrogen-bond acceptors (Lipinski definition) is 7. The highest BCUT2D eigenvalue weighted by atomic mass is 32.1. The van der Waals surface area contributed by atoms with Crippen LogP contribution in [0.4, 0.5) is 21.0 Å². The largest absolute Gasteiger partial charge is 0.481 e. The minimum absolute atomic E-state index is 0.0143. The third-order valence-electron chi connectivity index (χ3n) is 4.80. The van der Waals surface area contributed by atoms with Gasteiger partial charge in [-0.15, -0.1) is 11.3 Å². The van der Waals surface area contributed by atoms with Gasteiger partial charge in [0.1, 0.15) is 0 Å². The lowest BCUT2D eigenvalue weighted by Crippen LogP contribution is -2.30. The Labute approximate surface area is 226 Å². The molecule has 36 heavy (non-hydrogen) atoms. The second kappa shape index (κ2) is 14.9. The van der Waals surface area contributed by atoms with Gasteiger partial charge in [-0.3, -0.25) is 19.2 Å². The van der Waals surface area contributed by atoms with Crippen molar-refractivity contribution in [1.82, 2.24) is 10.3 Å². The zero-order valence-electron chi connectivity index (χ0n) is 21.0. The number of primary amides is 1. The molecule has 0 spiro atoms. The molecule has 2 aromatic rings. The van der Waals surface area contributed by atoms with Crippen LogP contribution in [0.15, 0.2) is 12.1 Å². The number of carbonyl (C=O) groups is 4. The van der Waals surface area contributed by atoms with Crippen molar-refractivity contribution in [3.63, 3.8) is 0 Å². The van der Waals surface area contributed by atoms with Crippen LogP contribution in [0.25, 0.3) is 10.2 Å². The molecule has 1 fully saturated rings. The van der Waals surface area contributed by atoms with Gasteiger partial charge in [0.25, 0.3) is 10.5 Å². The van der Waals surface area contributed by atoms with Crippen molar-refractivity contribution in [3.8, 4) is 0 Å². The Kier molecular flexibility index (Phi) is 13.1. The molecule has 3 rings (SSSR count). The van der Waals surface area contributed by atoms with E-state index in [0.717, 1.165) is 39.7 Å². The number of nitrogens with one attached hydrogen (secondary N) is 2. The number of nitrogens with zero attached hydrogens (tertiary/aromatic N) is 2. The van der Waals surface area contributed by atoms with Gasteiger partial charge in [0.05, 0.1) is 33.0 Å². The summed E-state index contributed by atoms with van der Waals surface area (Å²) in [7, 11) is 0. The molecule has 1 aromatic heterocycles. The Balaban J connectivity index is 0.000000416. The number of carboxylic acids is 1. The van der Waals surface area contributed by atoms with E-state index in [2.05, 4.69) is 73.4 Å². The van der Waals surface area contributed by atoms with Crippen LogP contribution >= 0.6 is 36.6 Å². The number of carboxylic acid groups (broad SMARTS) is 1. The Morgan fingerprint density at radius 2 is 1.72 bits per heavy atom. The smallest absolute Gasteiger partial charge is 0.305 e. The lowest BCUT2D eigenvalue weighted by molar-refractivity contribution is -0.136. The lowest BCUT2D eigenvalue weighted by atomic mass is 9.98. The van der Waals surface area contributed by atoms with Gasteiger partial charge < -0.3 is 26.4 Å². The van der Waals surface area contributed by atoms with E-state index in [0.29, 0.717) is 0 Å². The van der Waals surface area contributed by atoms with Crippen molar-refractivity contribution in [3.05, 3.63) is 17.1 Å². The zero-order valence-corrected chi connectivity index (χ0v) is 23.6. The van der Waals surface area contributed by atoms with Gasteiger partial charge in [-0.1, -0.05) is 46.0 Å². The van der Waals surface area contributed by atoms with Crippen molar-refractivity contribution in [2.45, 2.75) is 58.8 Å². The van der Waals surface area contributed by atoms with Gasteiger partial charge in [0, 0.05) is 32.0 Å². The Morgan fingerprint density at radius 1 is 1.14 bits per heavy atom. The first kappa shape index (κ1) is 31.5. The molecule has 0 aliphatic carbocycles. The number of aromatic nitrogens is 1. The Hall–Kier alpha value is -2.51. The lowest BCUT2D eigenvalue weighted by Gasteiger charge is -2.30. The number of thiol groups is 2. The summed E-state index contributed by atoms with van der Waals surface area (Å²) in [5, 5.41) is 13.5. The van der Waals surface area contributed by atoms with Gasteiger partial charge >= 0.3 is 5.97 Å². The number of nitrogens with two attached hydrogens (primary N) is 1. The van der Waals surface area contributed by atoms with Crippen LogP contribution in [0.2, 0.25) is 0 Å². The minimum atomic E-state index is -0.899. The average molecular weight is 558 g/mol. The molecule has 10 nitrogen and oxygen atoms in total. The topological polar surface area (TPSA) is 155 Å². The molecule has 1 aliphatic heterocycles. The van der Waals surface area contributed by atoms with Gasteiger partial charge in [0.15, 0.2) is 0 Å². The summed E-state index contributed by atoms with van der Waals surface area (Å²) in [6.07, 6.45) is 3.64. The SMILES string of the molecule is CC(=O)NCCC(=O)O.CC(C)(C)c1nc2cc(N3CCCCC3)c(NC(=O)S)cc2s1.NC(=O)S. The maximum Gasteiger partial charge on any atom is 0.305 e. The van der Waals surface area contributed by atoms with E-state index in [1.165, 1.54) is 26.2 Å². The molecule has 2 heterocycles. The quantitative estimate of drug-likeness (QED) is 0.293. The maximum atomic E-state index is 11.5. The van der Waals surface area contributed by atoms with Crippen molar-refractivity contribution >= 4 is 80.5 Å². The van der Waals surface area contributed by atoms with Gasteiger partial charge in [-0.05, 0) is 31.4 Å². The molecule has 13 heteroatoms. The molecule has 200 valence electrons. The summed E-state index contributed by atoms with van der Waals surface area (Å²) < 4.78 is 1.10. The number of anilines is 2. The number of piperidine rings is 1. The number of aliphatic carboxylic acids is 1. The van der Waals surface area contributed by atoms with E-state index in [-0.39, 0.29) is 29.5 Å². The van der Waals surface area contributed by atoms with Gasteiger partial charge in [-0.25, -0.2) is 4.98 Å². The molecule has 3 amide bonds. The van der Waals surface area contributed by atoms with Crippen LogP contribution in [-0.4, -0.2) is 52.1 Å². The molecule has 0 atom stereocenters. The Morgan fingerprint density at radius 3 is 2.19 bits per heavy atom. The third kappa shape index (κ3) is 12.0. The summed E-state index contributed by atoms with van der Waals surface area (Å²) in [6.45, 7) is 10.1. The van der Waals surface area contributed by atoms with Crippen LogP contribution in [0.5, 0.6) is 0 Å². The molecule has 1 aromatic carbocycles. The number of fused-ring (bicyclic) bond motifs is 1. The van der Waals surface area contributed by atoms with Crippen LogP contribution in [0, 0.1) is 0 Å². The fourth-order valence-electron chi connectivity index (χ4n) is 3.24. The summed E-state index contributed by atoms with van der Waals surface area (Å²) in [4.78, 5) is 47.7. The van der Waals surface area contributed by atoms with Crippen molar-refractivity contribution < 1.29 is 24.3 Å². The highest BCUT2D eigenvalue weighted by Gasteiger charge is 2.22. The number of hydrogen-bond donors (Lipinski definition) is 6. The van der Waals surface area contributed by atoms with Crippen molar-refractivity contribution in [2.75, 3.05) is 29.9 Å². The number of benzene rings is 1. The van der Waals surface area contributed by atoms with Crippen LogP contribution in [-0.2, 0) is 15.0 Å². The molecule has 0 unspecified atom stereocenters. The van der Waals surface area contributed by atoms with E-state index in [9.17, 15) is 14.4 Å². The summed E-state index contributed by atoms with van der Waals surface area (Å²) in [6, 6.07) is 4.16. The standard InChI is InChI=1S/C17H23N3OS2.C5H9NO3.CH3NOS/c1-17(2,3)15-18-12-9-13(20-7-5-4-6-8-20)11(19-16(21)22)10-14(12)23-15;1-4(7)6-3-2-5(8)9;2-1(3)4/h9-10H,4-8H2,1-3H3,(H2,19,21,22);2-3H2,1H3,(H,6,7)(H,8,9);(H3,2,3,4). The van der Waals surface area contributed by atoms with E-state index in [1.807, 2.05) is 6.07 Å². The third-order valence-corrected chi connectivity index (χ3v) is 6.35. The van der Waals surface area contributed by atoms with Crippen molar-refractivity contribution in [2.24, 2.45) is 5.73 Å². The summed E-state index contributed by atoms with van der Waals surface area (Å²) in [5.74, 6) is -1.10. The first-order chi connectivity index (χ1) is 16.7. The molecule has 0 saturated carbocycles. The Bertz CT molecular complexity index is 1040. The summed E-state index contributed by atoms with van der Waals surface area (Å²) >= 11 is 8.69. The van der Waals surface area contributed by atoms with Gasteiger partial charge in [-0.2, -0.15) is 0 Å². The highest BCUT2D eigenvalue weighted by molar-refractivity contribution is 7.97. The molecule has 0 bridgehead atoms. The van der Waals surface area contributed by atoms with Crippen LogP contribution in [0.3, 0.4) is 0 Å². The first-order valence-corrected chi connectivity index (χ1v) is 13.1. The summed E-state index contributed by atoms with van der Waals surface area (Å²) in [5.41, 5.74) is 7.27. The normalized spacial score (nSPS) is 13.0. The van der Waals surface area contributed by atoms with E-state index < -0.39 is 11.2 Å². The fourth-order valence-corrected chi connectivity index (χ4v) is 4.41. The minimum Gasteiger partial charge on any atom is -0.481 e. The van der Waals surface area contributed by atoms with E-state index in [1.54, 1.807) is 11.3 Å². The van der Waals surface area contributed by atoms with Gasteiger partial charge in [0.2, 0.25) is 5.91 Å². The fraction of sp³-hybridized carbons (Fsp3) is 0.522. The average Bonchev–Trinajstić information content (AvgIpc) is 3.16. The van der Waals surface area contributed by atoms with Crippen LogP contribution < -0.4 is 21.3 Å². The number of rotatable bonds is 5. The predicted molar refractivity (Wildman–Crippen MR) is 152 cm³/mol. The molecule has 5 N–H and O–H groups in total. The molecular formula is C23H35N5O5S3. The van der Waals surface area contributed by atoms with E-state index in [4.69, 9.17) is 14.9 Å². The zero-order chi connectivity index (χ0) is 27.5. The molecular weight excluding hydrogens is 522 g/mol.